The lowest BCUT2D eigenvalue weighted by atomic mass is 10.1. The highest BCUT2D eigenvalue weighted by Gasteiger charge is 2.07. The lowest BCUT2D eigenvalue weighted by molar-refractivity contribution is 1.27. The average Bonchev–Trinajstić information content (AvgIpc) is 2.73. The summed E-state index contributed by atoms with van der Waals surface area (Å²) in [5.74, 6) is 0.435. The van der Waals surface area contributed by atoms with Gasteiger partial charge in [0.1, 0.15) is 11.3 Å². The number of nitrogens with zero attached hydrogens (tertiary/aromatic N) is 2. The van der Waals surface area contributed by atoms with E-state index in [4.69, 9.17) is 5.73 Å². The number of aromatic nitrogens is 3. The third-order valence-electron chi connectivity index (χ3n) is 2.48. The summed E-state index contributed by atoms with van der Waals surface area (Å²) in [4.78, 5) is 11.6. The molecular formula is C12H10N4. The van der Waals surface area contributed by atoms with Crippen LogP contribution in [-0.2, 0) is 0 Å². The largest absolute Gasteiger partial charge is 0.382 e. The zero-order valence-corrected chi connectivity index (χ0v) is 8.51. The number of H-pyrrole nitrogens is 1. The predicted octanol–water partition coefficient (Wildman–Crippen LogP) is 2.21. The fourth-order valence-electron chi connectivity index (χ4n) is 1.74. The van der Waals surface area contributed by atoms with Crippen molar-refractivity contribution in [2.24, 2.45) is 0 Å². The summed E-state index contributed by atoms with van der Waals surface area (Å²) in [7, 11) is 0. The molecule has 0 saturated carbocycles. The molecule has 0 aliphatic carbocycles. The number of aromatic amines is 1. The smallest absolute Gasteiger partial charge is 0.156 e. The molecule has 0 amide bonds. The number of hydrogen-bond donors (Lipinski definition) is 2. The summed E-state index contributed by atoms with van der Waals surface area (Å²) >= 11 is 0. The minimum absolute atomic E-state index is 0.435. The zero-order valence-electron chi connectivity index (χ0n) is 8.51. The molecule has 0 aliphatic heterocycles. The minimum atomic E-state index is 0.435. The van der Waals surface area contributed by atoms with E-state index in [1.807, 2.05) is 36.5 Å². The van der Waals surface area contributed by atoms with Gasteiger partial charge in [0.2, 0.25) is 0 Å². The van der Waals surface area contributed by atoms with Crippen LogP contribution in [0.2, 0.25) is 0 Å². The van der Waals surface area contributed by atoms with Crippen molar-refractivity contribution in [1.29, 1.82) is 0 Å². The third-order valence-corrected chi connectivity index (χ3v) is 2.48. The number of hydrogen-bond acceptors (Lipinski definition) is 3. The van der Waals surface area contributed by atoms with E-state index in [1.54, 1.807) is 6.20 Å². The molecule has 0 atom stereocenters. The van der Waals surface area contributed by atoms with Crippen molar-refractivity contribution in [1.82, 2.24) is 15.0 Å². The fraction of sp³-hybridized carbons (Fsp3) is 0. The first-order valence-corrected chi connectivity index (χ1v) is 4.99. The van der Waals surface area contributed by atoms with Crippen molar-refractivity contribution >= 4 is 17.0 Å². The van der Waals surface area contributed by atoms with Crippen molar-refractivity contribution in [2.75, 3.05) is 5.73 Å². The van der Waals surface area contributed by atoms with Gasteiger partial charge in [-0.15, -0.1) is 0 Å². The monoisotopic (exact) mass is 210 g/mol. The van der Waals surface area contributed by atoms with E-state index >= 15 is 0 Å². The van der Waals surface area contributed by atoms with Crippen LogP contribution in [0.3, 0.4) is 0 Å². The Morgan fingerprint density at radius 1 is 1.12 bits per heavy atom. The number of nitrogens with one attached hydrogen (secondary N) is 1. The molecule has 0 spiro atoms. The molecular weight excluding hydrogens is 200 g/mol. The summed E-state index contributed by atoms with van der Waals surface area (Å²) in [6.07, 6.45) is 3.45. The molecule has 4 nitrogen and oxygen atoms in total. The van der Waals surface area contributed by atoms with Crippen LogP contribution in [0, 0.1) is 0 Å². The number of nitrogens with two attached hydrogens (primary N) is 1. The Kier molecular flexibility index (Phi) is 1.86. The molecule has 16 heavy (non-hydrogen) atoms. The van der Waals surface area contributed by atoms with Crippen LogP contribution in [0.4, 0.5) is 5.82 Å². The van der Waals surface area contributed by atoms with E-state index in [2.05, 4.69) is 15.0 Å². The summed E-state index contributed by atoms with van der Waals surface area (Å²) in [6.45, 7) is 0. The Labute approximate surface area is 92.2 Å². The van der Waals surface area contributed by atoms with Gasteiger partial charge in [-0.05, 0) is 5.56 Å². The van der Waals surface area contributed by atoms with Crippen LogP contribution in [0.1, 0.15) is 0 Å². The second-order valence-electron chi connectivity index (χ2n) is 3.56. The van der Waals surface area contributed by atoms with E-state index in [0.29, 0.717) is 5.82 Å². The molecule has 3 N–H and O–H groups in total. The highest BCUT2D eigenvalue weighted by atomic mass is 15.0. The van der Waals surface area contributed by atoms with Gasteiger partial charge in [-0.2, -0.15) is 0 Å². The van der Waals surface area contributed by atoms with Crippen molar-refractivity contribution in [3.05, 3.63) is 42.7 Å². The minimum Gasteiger partial charge on any atom is -0.382 e. The van der Waals surface area contributed by atoms with Crippen molar-refractivity contribution in [3.63, 3.8) is 0 Å². The van der Waals surface area contributed by atoms with Gasteiger partial charge in [-0.3, -0.25) is 0 Å². The van der Waals surface area contributed by atoms with Gasteiger partial charge in [0, 0.05) is 11.8 Å². The van der Waals surface area contributed by atoms with Gasteiger partial charge >= 0.3 is 0 Å². The average molecular weight is 210 g/mol. The van der Waals surface area contributed by atoms with E-state index in [-0.39, 0.29) is 0 Å². The third kappa shape index (κ3) is 1.32. The second kappa shape index (κ2) is 3.34. The lowest BCUT2D eigenvalue weighted by Crippen LogP contribution is -1.91. The summed E-state index contributed by atoms with van der Waals surface area (Å²) < 4.78 is 0. The molecule has 0 unspecified atom stereocenters. The van der Waals surface area contributed by atoms with Crippen LogP contribution in [0.15, 0.2) is 42.7 Å². The molecule has 1 aromatic carbocycles. The fourth-order valence-corrected chi connectivity index (χ4v) is 1.74. The number of benzene rings is 1. The van der Waals surface area contributed by atoms with E-state index in [0.717, 1.165) is 22.3 Å². The maximum absolute atomic E-state index is 5.64. The van der Waals surface area contributed by atoms with Crippen LogP contribution >= 0.6 is 0 Å². The molecule has 0 saturated heterocycles. The van der Waals surface area contributed by atoms with Crippen molar-refractivity contribution < 1.29 is 0 Å². The predicted molar refractivity (Wildman–Crippen MR) is 63.7 cm³/mol. The maximum Gasteiger partial charge on any atom is 0.156 e. The summed E-state index contributed by atoms with van der Waals surface area (Å²) in [5, 5.41) is 0. The number of nitrogen functional groups attached to an aromatic ring is 1. The summed E-state index contributed by atoms with van der Waals surface area (Å²) in [6, 6.07) is 10.0. The maximum atomic E-state index is 5.64. The molecule has 0 aliphatic rings. The molecule has 3 rings (SSSR count). The molecule has 0 fully saturated rings. The van der Waals surface area contributed by atoms with E-state index in [9.17, 15) is 0 Å². The van der Waals surface area contributed by atoms with Crippen LogP contribution < -0.4 is 5.73 Å². The van der Waals surface area contributed by atoms with Gasteiger partial charge in [-0.1, -0.05) is 30.3 Å². The van der Waals surface area contributed by atoms with Crippen LogP contribution in [0.25, 0.3) is 22.3 Å². The first-order chi connectivity index (χ1) is 7.84. The number of rotatable bonds is 1. The molecule has 0 radical (unpaired) electrons. The Hall–Kier alpha value is -2.36. The molecule has 0 bridgehead atoms. The van der Waals surface area contributed by atoms with Crippen LogP contribution in [-0.4, -0.2) is 15.0 Å². The Balaban J connectivity index is 2.29. The van der Waals surface area contributed by atoms with Gasteiger partial charge < -0.3 is 10.7 Å². The summed E-state index contributed by atoms with van der Waals surface area (Å²) in [5.41, 5.74) is 9.34. The molecule has 3 aromatic rings. The first-order valence-electron chi connectivity index (χ1n) is 4.99. The highest BCUT2D eigenvalue weighted by molar-refractivity contribution is 5.90. The van der Waals surface area contributed by atoms with Crippen LogP contribution in [0.5, 0.6) is 0 Å². The lowest BCUT2D eigenvalue weighted by Gasteiger charge is -1.98. The topological polar surface area (TPSA) is 67.6 Å². The SMILES string of the molecule is Nc1cnc2[nH]cc(-c3ccccc3)c2n1. The molecule has 78 valence electrons. The van der Waals surface area contributed by atoms with E-state index in [1.165, 1.54) is 0 Å². The Morgan fingerprint density at radius 2 is 1.94 bits per heavy atom. The molecule has 2 aromatic heterocycles. The Bertz CT molecular complexity index is 628. The van der Waals surface area contributed by atoms with E-state index < -0.39 is 0 Å². The Morgan fingerprint density at radius 3 is 2.75 bits per heavy atom. The van der Waals surface area contributed by atoms with Gasteiger partial charge in [0.25, 0.3) is 0 Å². The number of anilines is 1. The van der Waals surface area contributed by atoms with Gasteiger partial charge in [-0.25, -0.2) is 9.97 Å². The normalized spacial score (nSPS) is 10.8. The van der Waals surface area contributed by atoms with Gasteiger partial charge in [0.05, 0.1) is 6.20 Å². The molecule has 4 heteroatoms. The number of fused-ring (bicyclic) bond motifs is 1. The van der Waals surface area contributed by atoms with Crippen molar-refractivity contribution in [2.45, 2.75) is 0 Å². The zero-order chi connectivity index (χ0) is 11.0. The first kappa shape index (κ1) is 8.91. The quantitative estimate of drug-likeness (QED) is 0.647. The highest BCUT2D eigenvalue weighted by Crippen LogP contribution is 2.26. The van der Waals surface area contributed by atoms with Crippen molar-refractivity contribution in [3.8, 4) is 11.1 Å². The van der Waals surface area contributed by atoms with Gasteiger partial charge in [0.15, 0.2) is 5.65 Å². The standard InChI is InChI=1S/C12H10N4/c13-10-7-15-12-11(16-10)9(6-14-12)8-4-2-1-3-5-8/h1-7H,(H2,13,16)(H,14,15). The second-order valence-corrected chi connectivity index (χ2v) is 3.56. The molecule has 2 heterocycles.